The van der Waals surface area contributed by atoms with Crippen molar-refractivity contribution in [3.63, 3.8) is 0 Å². The third kappa shape index (κ3) is 7.23. The molecule has 15 heavy (non-hydrogen) atoms. The van der Waals surface area contributed by atoms with Crippen molar-refractivity contribution in [1.29, 1.82) is 0 Å². The number of ether oxygens (including phenoxy) is 2. The maximum atomic E-state index is 11.3. The molecule has 1 unspecified atom stereocenters. The zero-order valence-electron chi connectivity index (χ0n) is 10.6. The van der Waals surface area contributed by atoms with E-state index in [1.807, 2.05) is 27.7 Å². The molecule has 3 nitrogen and oxygen atoms in total. The molecule has 0 aromatic heterocycles. The number of unbranched alkanes of at least 4 members (excludes halogenated alkanes) is 1. The lowest BCUT2D eigenvalue weighted by atomic mass is 10.1. The average molecular weight is 216 g/mol. The van der Waals surface area contributed by atoms with Gasteiger partial charge in [0.25, 0.3) is 0 Å². The van der Waals surface area contributed by atoms with Crippen LogP contribution >= 0.6 is 0 Å². The van der Waals surface area contributed by atoms with Crippen molar-refractivity contribution in [2.45, 2.75) is 66.1 Å². The first-order valence-corrected chi connectivity index (χ1v) is 5.84. The highest BCUT2D eigenvalue weighted by molar-refractivity contribution is 5.60. The predicted molar refractivity (Wildman–Crippen MR) is 60.9 cm³/mol. The molecular weight excluding hydrogens is 192 g/mol. The predicted octanol–water partition coefficient (Wildman–Crippen LogP) is 3.76. The van der Waals surface area contributed by atoms with Crippen molar-refractivity contribution >= 4 is 6.16 Å². The molecule has 0 N–H and O–H groups in total. The van der Waals surface area contributed by atoms with Crippen LogP contribution in [0, 0.1) is 5.92 Å². The van der Waals surface area contributed by atoms with Gasteiger partial charge in [-0.25, -0.2) is 4.79 Å². The minimum Gasteiger partial charge on any atom is -0.431 e. The molecule has 3 heteroatoms. The Balaban J connectivity index is 3.73. The Bertz CT molecular complexity index is 178. The maximum absolute atomic E-state index is 11.3. The highest BCUT2D eigenvalue weighted by Crippen LogP contribution is 2.09. The third-order valence-electron chi connectivity index (χ3n) is 2.48. The molecule has 0 amide bonds. The van der Waals surface area contributed by atoms with E-state index in [2.05, 4.69) is 6.92 Å². The van der Waals surface area contributed by atoms with Gasteiger partial charge >= 0.3 is 6.16 Å². The van der Waals surface area contributed by atoms with Gasteiger partial charge < -0.3 is 9.47 Å². The lowest BCUT2D eigenvalue weighted by molar-refractivity contribution is -0.00622. The zero-order chi connectivity index (χ0) is 11.8. The zero-order valence-corrected chi connectivity index (χ0v) is 10.6. The summed E-state index contributed by atoms with van der Waals surface area (Å²) < 4.78 is 10.2. The van der Waals surface area contributed by atoms with Crippen molar-refractivity contribution in [2.24, 2.45) is 5.92 Å². The van der Waals surface area contributed by atoms with Crippen LogP contribution in [-0.4, -0.2) is 18.4 Å². The molecule has 0 bridgehead atoms. The molecular formula is C12H24O3. The highest BCUT2D eigenvalue weighted by atomic mass is 16.7. The Morgan fingerprint density at radius 1 is 1.13 bits per heavy atom. The molecule has 0 aliphatic rings. The van der Waals surface area contributed by atoms with Crippen molar-refractivity contribution in [3.8, 4) is 0 Å². The SMILES string of the molecule is CCCCC(C)OC(=O)O[C@@H](C)C(C)C. The van der Waals surface area contributed by atoms with Crippen LogP contribution in [0.1, 0.15) is 53.9 Å². The minimum atomic E-state index is -0.542. The van der Waals surface area contributed by atoms with E-state index in [9.17, 15) is 4.79 Å². The van der Waals surface area contributed by atoms with Gasteiger partial charge in [-0.05, 0) is 26.2 Å². The number of hydrogen-bond acceptors (Lipinski definition) is 3. The summed E-state index contributed by atoms with van der Waals surface area (Å²) in [5, 5.41) is 0. The van der Waals surface area contributed by atoms with Crippen molar-refractivity contribution in [2.75, 3.05) is 0 Å². The van der Waals surface area contributed by atoms with Crippen LogP contribution < -0.4 is 0 Å². The van der Waals surface area contributed by atoms with Gasteiger partial charge in [0, 0.05) is 0 Å². The van der Waals surface area contributed by atoms with Crippen LogP contribution in [0.4, 0.5) is 4.79 Å². The Hall–Kier alpha value is -0.730. The fourth-order valence-corrected chi connectivity index (χ4v) is 1.03. The quantitative estimate of drug-likeness (QED) is 0.634. The average Bonchev–Trinajstić information content (AvgIpc) is 2.14. The van der Waals surface area contributed by atoms with Gasteiger partial charge in [0.2, 0.25) is 0 Å². The second-order valence-corrected chi connectivity index (χ2v) is 4.39. The summed E-state index contributed by atoms with van der Waals surface area (Å²) in [7, 11) is 0. The Morgan fingerprint density at radius 3 is 2.20 bits per heavy atom. The van der Waals surface area contributed by atoms with Gasteiger partial charge in [0.1, 0.15) is 12.2 Å². The van der Waals surface area contributed by atoms with Crippen LogP contribution in [0.3, 0.4) is 0 Å². The second-order valence-electron chi connectivity index (χ2n) is 4.39. The summed E-state index contributed by atoms with van der Waals surface area (Å²) in [6.45, 7) is 9.92. The molecule has 90 valence electrons. The smallest absolute Gasteiger partial charge is 0.431 e. The maximum Gasteiger partial charge on any atom is 0.508 e. The second kappa shape index (κ2) is 7.55. The summed E-state index contributed by atoms with van der Waals surface area (Å²) in [5.41, 5.74) is 0. The molecule has 2 atom stereocenters. The molecule has 0 fully saturated rings. The van der Waals surface area contributed by atoms with Crippen LogP contribution in [0.15, 0.2) is 0 Å². The van der Waals surface area contributed by atoms with Crippen LogP contribution in [0.5, 0.6) is 0 Å². The number of rotatable bonds is 6. The summed E-state index contributed by atoms with van der Waals surface area (Å²) in [4.78, 5) is 11.3. The van der Waals surface area contributed by atoms with E-state index in [4.69, 9.17) is 9.47 Å². The molecule has 0 radical (unpaired) electrons. The molecule has 0 saturated heterocycles. The molecule has 0 rings (SSSR count). The molecule has 0 aromatic carbocycles. The van der Waals surface area contributed by atoms with Gasteiger partial charge in [-0.1, -0.05) is 33.6 Å². The summed E-state index contributed by atoms with van der Waals surface area (Å²) in [6, 6.07) is 0. The normalized spacial score (nSPS) is 14.8. The van der Waals surface area contributed by atoms with Crippen LogP contribution in [0.2, 0.25) is 0 Å². The van der Waals surface area contributed by atoms with E-state index in [1.54, 1.807) is 0 Å². The van der Waals surface area contributed by atoms with Gasteiger partial charge in [0.15, 0.2) is 0 Å². The van der Waals surface area contributed by atoms with E-state index < -0.39 is 6.16 Å². The van der Waals surface area contributed by atoms with Crippen LogP contribution in [-0.2, 0) is 9.47 Å². The van der Waals surface area contributed by atoms with Gasteiger partial charge in [-0.3, -0.25) is 0 Å². The standard InChI is InChI=1S/C12H24O3/c1-6-7-8-10(4)14-12(13)15-11(5)9(2)3/h9-11H,6-8H2,1-5H3/t10?,11-/m0/s1. The van der Waals surface area contributed by atoms with Crippen molar-refractivity contribution < 1.29 is 14.3 Å². The Labute approximate surface area is 93.1 Å². The van der Waals surface area contributed by atoms with E-state index >= 15 is 0 Å². The Kier molecular flexibility index (Phi) is 7.18. The van der Waals surface area contributed by atoms with E-state index in [0.717, 1.165) is 19.3 Å². The fraction of sp³-hybridized carbons (Fsp3) is 0.917. The largest absolute Gasteiger partial charge is 0.508 e. The monoisotopic (exact) mass is 216 g/mol. The highest BCUT2D eigenvalue weighted by Gasteiger charge is 2.16. The summed E-state index contributed by atoms with van der Waals surface area (Å²) >= 11 is 0. The number of carbonyl (C=O) groups is 1. The summed E-state index contributed by atoms with van der Waals surface area (Å²) in [6.07, 6.45) is 2.42. The van der Waals surface area contributed by atoms with Crippen LogP contribution in [0.25, 0.3) is 0 Å². The summed E-state index contributed by atoms with van der Waals surface area (Å²) in [5.74, 6) is 0.323. The minimum absolute atomic E-state index is 0.0446. The first-order valence-electron chi connectivity index (χ1n) is 5.84. The number of hydrogen-bond donors (Lipinski definition) is 0. The first-order chi connectivity index (χ1) is 6.97. The van der Waals surface area contributed by atoms with E-state index in [-0.39, 0.29) is 12.2 Å². The molecule has 0 spiro atoms. The first kappa shape index (κ1) is 14.3. The van der Waals surface area contributed by atoms with Gasteiger partial charge in [-0.15, -0.1) is 0 Å². The van der Waals surface area contributed by atoms with E-state index in [0.29, 0.717) is 5.92 Å². The van der Waals surface area contributed by atoms with Gasteiger partial charge in [0.05, 0.1) is 0 Å². The molecule has 0 aromatic rings. The molecule has 0 heterocycles. The van der Waals surface area contributed by atoms with Gasteiger partial charge in [-0.2, -0.15) is 0 Å². The lowest BCUT2D eigenvalue weighted by Gasteiger charge is -2.18. The molecule has 0 aliphatic carbocycles. The number of carbonyl (C=O) groups excluding carboxylic acids is 1. The molecule has 0 saturated carbocycles. The molecule has 0 aliphatic heterocycles. The third-order valence-corrected chi connectivity index (χ3v) is 2.48. The Morgan fingerprint density at radius 2 is 1.73 bits per heavy atom. The van der Waals surface area contributed by atoms with Crippen molar-refractivity contribution in [3.05, 3.63) is 0 Å². The van der Waals surface area contributed by atoms with Crippen molar-refractivity contribution in [1.82, 2.24) is 0 Å². The van der Waals surface area contributed by atoms with E-state index in [1.165, 1.54) is 0 Å². The topological polar surface area (TPSA) is 35.5 Å². The lowest BCUT2D eigenvalue weighted by Crippen LogP contribution is -2.23. The fourth-order valence-electron chi connectivity index (χ4n) is 1.03.